The van der Waals surface area contributed by atoms with Crippen molar-refractivity contribution in [3.05, 3.63) is 71.8 Å². The number of hydrogen-bond donors (Lipinski definition) is 2. The summed E-state index contributed by atoms with van der Waals surface area (Å²) in [5, 5.41) is 3.43. The molecule has 0 fully saturated rings. The number of thiocarbonyl (C=S) groups is 4. The summed E-state index contributed by atoms with van der Waals surface area (Å²) in [5.41, 5.74) is 8.06. The Morgan fingerprint density at radius 3 is 1.33 bits per heavy atom. The van der Waals surface area contributed by atoms with Crippen molar-refractivity contribution < 1.29 is 0 Å². The normalized spacial score (nSPS) is 9.85. The van der Waals surface area contributed by atoms with E-state index >= 15 is 0 Å². The van der Waals surface area contributed by atoms with Gasteiger partial charge in [-0.15, -0.1) is 0 Å². The van der Waals surface area contributed by atoms with Gasteiger partial charge in [0.15, 0.2) is 0 Å². The Labute approximate surface area is 181 Å². The highest BCUT2D eigenvalue weighted by atomic mass is 32.1. The summed E-state index contributed by atoms with van der Waals surface area (Å²) in [5.74, 6) is 0. The van der Waals surface area contributed by atoms with Crippen LogP contribution in [-0.2, 0) is 0 Å². The van der Waals surface area contributed by atoms with Crippen molar-refractivity contribution in [3.63, 3.8) is 0 Å². The minimum atomic E-state index is 0.383. The van der Waals surface area contributed by atoms with Crippen molar-refractivity contribution in [3.8, 4) is 0 Å². The van der Waals surface area contributed by atoms with Crippen LogP contribution in [0.25, 0.3) is 0 Å². The van der Waals surface area contributed by atoms with E-state index in [-0.39, 0.29) is 0 Å². The van der Waals surface area contributed by atoms with Crippen LogP contribution in [0.3, 0.4) is 0 Å². The number of nitrogens with zero attached hydrogens (tertiary/aromatic N) is 2. The van der Waals surface area contributed by atoms with Crippen LogP contribution in [-0.4, -0.2) is 44.1 Å². The Balaban J connectivity index is 1.83. The van der Waals surface area contributed by atoms with Crippen molar-refractivity contribution in [1.82, 2.24) is 20.9 Å². The van der Waals surface area contributed by atoms with Gasteiger partial charge in [-0.1, -0.05) is 110 Å². The molecule has 0 unspecified atom stereocenters. The van der Waals surface area contributed by atoms with Gasteiger partial charge in [-0.25, -0.2) is 0 Å². The van der Waals surface area contributed by atoms with E-state index in [1.165, 1.54) is 0 Å². The van der Waals surface area contributed by atoms with Crippen LogP contribution < -0.4 is 10.9 Å². The van der Waals surface area contributed by atoms with E-state index in [0.717, 1.165) is 11.1 Å². The predicted octanol–water partition coefficient (Wildman–Crippen LogP) is 3.66. The first kappa shape index (κ1) is 21.3. The van der Waals surface area contributed by atoms with E-state index in [1.807, 2.05) is 74.8 Å². The number of hydrogen-bond acceptors (Lipinski definition) is 4. The van der Waals surface area contributed by atoms with Gasteiger partial charge in [0.1, 0.15) is 20.0 Å². The van der Waals surface area contributed by atoms with Gasteiger partial charge in [-0.05, 0) is 0 Å². The van der Waals surface area contributed by atoms with E-state index in [1.54, 1.807) is 10.0 Å². The SMILES string of the molecule is CN(NC(=S)CC(=S)NN(C)C(=S)c1ccccc1)C(=S)c1ccccc1. The molecule has 0 saturated carbocycles. The molecule has 8 heteroatoms. The maximum Gasteiger partial charge on any atom is 0.127 e. The molecule has 0 radical (unpaired) electrons. The Bertz CT molecular complexity index is 755. The molecule has 2 rings (SSSR count). The zero-order valence-corrected chi connectivity index (χ0v) is 18.3. The number of rotatable bonds is 4. The highest BCUT2D eigenvalue weighted by molar-refractivity contribution is 7.82. The van der Waals surface area contributed by atoms with E-state index in [4.69, 9.17) is 48.9 Å². The highest BCUT2D eigenvalue weighted by Crippen LogP contribution is 2.05. The Hall–Kier alpha value is -2.00. The molecule has 2 aromatic rings. The summed E-state index contributed by atoms with van der Waals surface area (Å²) in [7, 11) is 3.66. The van der Waals surface area contributed by atoms with Crippen molar-refractivity contribution >= 4 is 68.8 Å². The molecule has 4 nitrogen and oxygen atoms in total. The Kier molecular flexibility index (Phi) is 8.18. The topological polar surface area (TPSA) is 30.5 Å². The van der Waals surface area contributed by atoms with Gasteiger partial charge in [-0.3, -0.25) is 20.9 Å². The van der Waals surface area contributed by atoms with Crippen molar-refractivity contribution in [2.24, 2.45) is 0 Å². The number of nitrogens with one attached hydrogen (secondary N) is 2. The summed E-state index contributed by atoms with van der Waals surface area (Å²) in [6.07, 6.45) is 0.383. The monoisotopic (exact) mass is 432 g/mol. The van der Waals surface area contributed by atoms with Crippen LogP contribution in [0.5, 0.6) is 0 Å². The molecule has 0 aliphatic carbocycles. The van der Waals surface area contributed by atoms with Crippen molar-refractivity contribution in [2.75, 3.05) is 14.1 Å². The Morgan fingerprint density at radius 2 is 1.00 bits per heavy atom. The average molecular weight is 433 g/mol. The minimum Gasteiger partial charge on any atom is -0.291 e. The van der Waals surface area contributed by atoms with Gasteiger partial charge in [0.25, 0.3) is 0 Å². The van der Waals surface area contributed by atoms with Gasteiger partial charge in [0.2, 0.25) is 0 Å². The summed E-state index contributed by atoms with van der Waals surface area (Å²) in [6.45, 7) is 0. The van der Waals surface area contributed by atoms with Crippen LogP contribution >= 0.6 is 48.9 Å². The lowest BCUT2D eigenvalue weighted by molar-refractivity contribution is 0.459. The largest absolute Gasteiger partial charge is 0.291 e. The van der Waals surface area contributed by atoms with Crippen LogP contribution in [0.4, 0.5) is 0 Å². The van der Waals surface area contributed by atoms with Crippen LogP contribution in [0.2, 0.25) is 0 Å². The second-order valence-corrected chi connectivity index (χ2v) is 7.47. The van der Waals surface area contributed by atoms with Crippen LogP contribution in [0, 0.1) is 0 Å². The molecule has 0 saturated heterocycles. The van der Waals surface area contributed by atoms with E-state index in [0.29, 0.717) is 26.4 Å². The molecule has 0 spiro atoms. The minimum absolute atomic E-state index is 0.383. The molecule has 0 aromatic heterocycles. The fraction of sp³-hybridized carbons (Fsp3) is 0.158. The summed E-state index contributed by atoms with van der Waals surface area (Å²) in [4.78, 5) is 2.43. The van der Waals surface area contributed by atoms with Gasteiger partial charge < -0.3 is 0 Å². The zero-order valence-electron chi connectivity index (χ0n) is 15.0. The molecule has 27 heavy (non-hydrogen) atoms. The second kappa shape index (κ2) is 10.4. The standard InChI is InChI=1S/C19H20N4S4/c1-22(18(26)14-9-5-3-6-10-14)20-16(24)13-17(25)21-23(2)19(27)15-11-7-4-8-12-15/h3-12H,13H2,1-2H3,(H,20,24)(H,21,25). The number of benzene rings is 2. The van der Waals surface area contributed by atoms with Gasteiger partial charge >= 0.3 is 0 Å². The molecule has 0 bridgehead atoms. The maximum absolute atomic E-state index is 5.46. The molecule has 2 aromatic carbocycles. The molecule has 0 aliphatic heterocycles. The smallest absolute Gasteiger partial charge is 0.127 e. The van der Waals surface area contributed by atoms with E-state index < -0.39 is 0 Å². The first-order valence-electron chi connectivity index (χ1n) is 8.13. The molecular weight excluding hydrogens is 413 g/mol. The summed E-state index contributed by atoms with van der Waals surface area (Å²) in [6, 6.07) is 19.5. The molecule has 0 aliphatic rings. The van der Waals surface area contributed by atoms with E-state index in [9.17, 15) is 0 Å². The average Bonchev–Trinajstić information content (AvgIpc) is 2.67. The molecule has 140 valence electrons. The quantitative estimate of drug-likeness (QED) is 0.559. The lowest BCUT2D eigenvalue weighted by Gasteiger charge is -2.25. The molecular formula is C19H20N4S4. The number of hydrazine groups is 2. The predicted molar refractivity (Wildman–Crippen MR) is 128 cm³/mol. The zero-order chi connectivity index (χ0) is 19.8. The third-order valence-electron chi connectivity index (χ3n) is 3.56. The van der Waals surface area contributed by atoms with Crippen LogP contribution in [0.15, 0.2) is 60.7 Å². The first-order chi connectivity index (χ1) is 12.9. The maximum atomic E-state index is 5.46. The molecule has 0 amide bonds. The van der Waals surface area contributed by atoms with Gasteiger partial charge in [-0.2, -0.15) is 0 Å². The van der Waals surface area contributed by atoms with Gasteiger partial charge in [0.05, 0.1) is 6.42 Å². The fourth-order valence-corrected chi connectivity index (χ4v) is 3.27. The first-order valence-corrected chi connectivity index (χ1v) is 9.77. The van der Waals surface area contributed by atoms with E-state index in [2.05, 4.69) is 10.9 Å². The van der Waals surface area contributed by atoms with Crippen LogP contribution in [0.1, 0.15) is 17.5 Å². The Morgan fingerprint density at radius 1 is 0.667 bits per heavy atom. The molecule has 0 atom stereocenters. The highest BCUT2D eigenvalue weighted by Gasteiger charge is 2.12. The van der Waals surface area contributed by atoms with Crippen molar-refractivity contribution in [1.29, 1.82) is 0 Å². The third-order valence-corrected chi connectivity index (χ3v) is 5.05. The molecule has 0 heterocycles. The van der Waals surface area contributed by atoms with Crippen molar-refractivity contribution in [2.45, 2.75) is 6.42 Å². The third kappa shape index (κ3) is 6.59. The second-order valence-electron chi connectivity index (χ2n) is 5.71. The fourth-order valence-electron chi connectivity index (χ4n) is 2.25. The summed E-state index contributed by atoms with van der Waals surface area (Å²) >= 11 is 21.7. The van der Waals surface area contributed by atoms with Gasteiger partial charge in [0, 0.05) is 25.2 Å². The summed E-state index contributed by atoms with van der Waals surface area (Å²) < 4.78 is 0. The lowest BCUT2D eigenvalue weighted by atomic mass is 10.2. The molecule has 2 N–H and O–H groups in total. The lowest BCUT2D eigenvalue weighted by Crippen LogP contribution is -2.46.